The van der Waals surface area contributed by atoms with Crippen molar-refractivity contribution in [3.8, 4) is 0 Å². The average molecular weight is 307 g/mol. The number of hydrogen-bond donors (Lipinski definition) is 0. The summed E-state index contributed by atoms with van der Waals surface area (Å²) in [5.41, 5.74) is 0.496. The normalized spacial score (nSPS) is 13.3. The summed E-state index contributed by atoms with van der Waals surface area (Å²) in [7, 11) is 2.36. The van der Waals surface area contributed by atoms with E-state index < -0.39 is 24.4 Å². The van der Waals surface area contributed by atoms with Gasteiger partial charge in [0.2, 0.25) is 0 Å². The van der Waals surface area contributed by atoms with Crippen LogP contribution in [0.4, 0.5) is 0 Å². The van der Waals surface area contributed by atoms with E-state index in [1.807, 2.05) is 44.2 Å². The zero-order valence-electron chi connectivity index (χ0n) is 13.2. The van der Waals surface area contributed by atoms with Crippen LogP contribution in [0.25, 0.3) is 0 Å². The Labute approximate surface area is 129 Å². The van der Waals surface area contributed by atoms with Crippen LogP contribution in [0.15, 0.2) is 30.3 Å². The van der Waals surface area contributed by atoms with Crippen LogP contribution in [-0.2, 0) is 19.1 Å². The fourth-order valence-electron chi connectivity index (χ4n) is 2.18. The molecule has 120 valence electrons. The SMILES string of the molecule is COC(=O)CC(C(=O)OC)=[N+]([O-])C(c1ccccc1)C(C)C. The summed E-state index contributed by atoms with van der Waals surface area (Å²) in [6.45, 7) is 3.74. The van der Waals surface area contributed by atoms with E-state index in [1.54, 1.807) is 0 Å². The van der Waals surface area contributed by atoms with Crippen LogP contribution in [0.1, 0.15) is 31.9 Å². The largest absolute Gasteiger partial charge is 0.623 e. The van der Waals surface area contributed by atoms with E-state index in [0.717, 1.165) is 5.56 Å². The van der Waals surface area contributed by atoms with Gasteiger partial charge in [-0.15, -0.1) is 0 Å². The van der Waals surface area contributed by atoms with Gasteiger partial charge in [0, 0.05) is 11.5 Å². The molecule has 0 bridgehead atoms. The molecule has 0 radical (unpaired) electrons. The summed E-state index contributed by atoms with van der Waals surface area (Å²) in [6.07, 6.45) is -0.428. The predicted octanol–water partition coefficient (Wildman–Crippen LogP) is 2.07. The number of hydroxylamine groups is 1. The van der Waals surface area contributed by atoms with Gasteiger partial charge in [-0.05, 0) is 0 Å². The number of esters is 2. The average Bonchev–Trinajstić information content (AvgIpc) is 2.52. The molecular formula is C16H21NO5. The van der Waals surface area contributed by atoms with Crippen LogP contribution in [0.3, 0.4) is 0 Å². The molecule has 0 fully saturated rings. The summed E-state index contributed by atoms with van der Waals surface area (Å²) in [5, 5.41) is 12.7. The van der Waals surface area contributed by atoms with Crippen LogP contribution < -0.4 is 0 Å². The van der Waals surface area contributed by atoms with Crippen LogP contribution in [-0.4, -0.2) is 36.6 Å². The number of methoxy groups -OCH3 is 2. The van der Waals surface area contributed by atoms with Crippen molar-refractivity contribution in [3.63, 3.8) is 0 Å². The third kappa shape index (κ3) is 4.31. The number of carbonyl (C=O) groups is 2. The number of benzene rings is 1. The molecule has 0 aliphatic heterocycles. The van der Waals surface area contributed by atoms with Gasteiger partial charge in [-0.2, -0.15) is 4.74 Å². The van der Waals surface area contributed by atoms with E-state index in [1.165, 1.54) is 14.2 Å². The first-order valence-corrected chi connectivity index (χ1v) is 6.94. The molecule has 6 nitrogen and oxygen atoms in total. The van der Waals surface area contributed by atoms with E-state index in [-0.39, 0.29) is 11.6 Å². The molecule has 0 aliphatic carbocycles. The number of rotatable bonds is 6. The van der Waals surface area contributed by atoms with Crippen LogP contribution in [0.5, 0.6) is 0 Å². The second-order valence-corrected chi connectivity index (χ2v) is 5.12. The van der Waals surface area contributed by atoms with Gasteiger partial charge in [0.1, 0.15) is 6.42 Å². The summed E-state index contributed by atoms with van der Waals surface area (Å²) in [6, 6.07) is 8.49. The molecule has 0 saturated heterocycles. The first kappa shape index (κ1) is 17.7. The lowest BCUT2D eigenvalue weighted by molar-refractivity contribution is -0.517. The van der Waals surface area contributed by atoms with Crippen molar-refractivity contribution < 1.29 is 23.8 Å². The Kier molecular flexibility index (Phi) is 6.56. The molecule has 1 rings (SSSR count). The van der Waals surface area contributed by atoms with Crippen molar-refractivity contribution >= 4 is 17.7 Å². The highest BCUT2D eigenvalue weighted by atomic mass is 16.5. The second-order valence-electron chi connectivity index (χ2n) is 5.12. The standard InChI is InChI=1S/C16H21NO5/c1-11(2)15(12-8-6-5-7-9-12)17(20)13(16(19)22-4)10-14(18)21-3/h5-9,11,15H,10H2,1-4H3. The Bertz CT molecular complexity index is 551. The summed E-state index contributed by atoms with van der Waals surface area (Å²) >= 11 is 0. The fraction of sp³-hybridized carbons (Fsp3) is 0.438. The molecule has 1 atom stereocenters. The van der Waals surface area contributed by atoms with E-state index >= 15 is 0 Å². The van der Waals surface area contributed by atoms with E-state index in [2.05, 4.69) is 9.47 Å². The molecule has 1 aromatic rings. The lowest BCUT2D eigenvalue weighted by Gasteiger charge is -2.22. The molecule has 0 spiro atoms. The maximum Gasteiger partial charge on any atom is 0.400 e. The second kappa shape index (κ2) is 8.17. The number of hydrogen-bond acceptors (Lipinski definition) is 5. The van der Waals surface area contributed by atoms with E-state index in [9.17, 15) is 14.8 Å². The van der Waals surface area contributed by atoms with Gasteiger partial charge in [0.15, 0.2) is 6.04 Å². The molecule has 0 amide bonds. The minimum atomic E-state index is -0.831. The Morgan fingerprint density at radius 2 is 1.73 bits per heavy atom. The number of ether oxygens (including phenoxy) is 2. The molecule has 1 aromatic carbocycles. The van der Waals surface area contributed by atoms with Gasteiger partial charge in [-0.1, -0.05) is 44.2 Å². The smallest absolute Gasteiger partial charge is 0.400 e. The molecular weight excluding hydrogens is 286 g/mol. The summed E-state index contributed by atoms with van der Waals surface area (Å²) in [5.74, 6) is -1.57. The Morgan fingerprint density at radius 1 is 1.14 bits per heavy atom. The highest BCUT2D eigenvalue weighted by molar-refractivity contribution is 6.37. The van der Waals surface area contributed by atoms with Gasteiger partial charge in [0.05, 0.1) is 14.2 Å². The lowest BCUT2D eigenvalue weighted by Crippen LogP contribution is -2.33. The number of nitrogens with zero attached hydrogens (tertiary/aromatic N) is 1. The third-order valence-corrected chi connectivity index (χ3v) is 3.25. The monoisotopic (exact) mass is 307 g/mol. The van der Waals surface area contributed by atoms with Crippen molar-refractivity contribution in [2.24, 2.45) is 5.92 Å². The van der Waals surface area contributed by atoms with Gasteiger partial charge >= 0.3 is 11.9 Å². The van der Waals surface area contributed by atoms with Gasteiger partial charge in [-0.25, -0.2) is 4.79 Å². The highest BCUT2D eigenvalue weighted by Gasteiger charge is 2.32. The minimum absolute atomic E-state index is 0.0720. The van der Waals surface area contributed by atoms with Crippen LogP contribution in [0.2, 0.25) is 0 Å². The Hall–Kier alpha value is -2.37. The first-order valence-electron chi connectivity index (χ1n) is 6.94. The van der Waals surface area contributed by atoms with Crippen molar-refractivity contribution in [2.45, 2.75) is 26.3 Å². The topological polar surface area (TPSA) is 78.7 Å². The predicted molar refractivity (Wildman–Crippen MR) is 81.3 cm³/mol. The summed E-state index contributed by atoms with van der Waals surface area (Å²) < 4.78 is 9.72. The van der Waals surface area contributed by atoms with E-state index in [4.69, 9.17) is 0 Å². The zero-order chi connectivity index (χ0) is 16.7. The van der Waals surface area contributed by atoms with Gasteiger partial charge in [0.25, 0.3) is 5.71 Å². The molecule has 1 unspecified atom stereocenters. The summed E-state index contributed by atoms with van der Waals surface area (Å²) in [4.78, 5) is 23.3. The molecule has 6 heteroatoms. The first-order chi connectivity index (χ1) is 10.4. The van der Waals surface area contributed by atoms with Crippen molar-refractivity contribution in [2.75, 3.05) is 14.2 Å². The Morgan fingerprint density at radius 3 is 2.18 bits per heavy atom. The number of carbonyl (C=O) groups excluding carboxylic acids is 2. The van der Waals surface area contributed by atoms with Gasteiger partial charge < -0.3 is 14.7 Å². The van der Waals surface area contributed by atoms with Crippen molar-refractivity contribution in [1.29, 1.82) is 0 Å². The quantitative estimate of drug-likeness (QED) is 0.264. The molecule has 0 aromatic heterocycles. The molecule has 22 heavy (non-hydrogen) atoms. The molecule has 0 N–H and O–H groups in total. The molecule has 0 aliphatic rings. The lowest BCUT2D eigenvalue weighted by atomic mass is 9.96. The highest BCUT2D eigenvalue weighted by Crippen LogP contribution is 2.25. The van der Waals surface area contributed by atoms with Crippen molar-refractivity contribution in [3.05, 3.63) is 41.1 Å². The minimum Gasteiger partial charge on any atom is -0.623 e. The fourth-order valence-corrected chi connectivity index (χ4v) is 2.18. The molecule has 0 saturated carbocycles. The maximum atomic E-state index is 12.7. The van der Waals surface area contributed by atoms with Crippen LogP contribution >= 0.6 is 0 Å². The van der Waals surface area contributed by atoms with Crippen LogP contribution in [0, 0.1) is 11.1 Å². The van der Waals surface area contributed by atoms with E-state index in [0.29, 0.717) is 4.74 Å². The molecule has 0 heterocycles. The van der Waals surface area contributed by atoms with Crippen molar-refractivity contribution in [1.82, 2.24) is 0 Å². The van der Waals surface area contributed by atoms with Gasteiger partial charge in [-0.3, -0.25) is 4.79 Å². The maximum absolute atomic E-state index is 12.7. The third-order valence-electron chi connectivity index (χ3n) is 3.25. The zero-order valence-corrected chi connectivity index (χ0v) is 13.2. The Balaban J connectivity index is 3.33.